The van der Waals surface area contributed by atoms with Crippen LogP contribution < -0.4 is 11.1 Å². The standard InChI is InChI=1S/C21H26N6O2S2/c22-17-15-8-3-9-23-20(15)31-18(17)19-25-26-21(27(19)11-14-7-4-10-29-14)30-12-16(28)24-13-5-1-2-6-13/h3,8-9,13-14H,1-2,4-7,10-12,22H2,(H,24,28)/t14-/m0/s1. The number of rotatable bonds is 7. The number of nitrogen functional groups attached to an aromatic ring is 1. The summed E-state index contributed by atoms with van der Waals surface area (Å²) in [7, 11) is 0. The first-order chi connectivity index (χ1) is 15.2. The van der Waals surface area contributed by atoms with E-state index in [2.05, 4.69) is 25.1 Å². The zero-order valence-corrected chi connectivity index (χ0v) is 18.9. The van der Waals surface area contributed by atoms with Gasteiger partial charge in [0.1, 0.15) is 4.83 Å². The Hall–Kier alpha value is -2.17. The molecule has 1 amide bonds. The number of amides is 1. The Morgan fingerprint density at radius 2 is 2.16 bits per heavy atom. The summed E-state index contributed by atoms with van der Waals surface area (Å²) in [5.74, 6) is 1.09. The van der Waals surface area contributed by atoms with Crippen LogP contribution in [0.4, 0.5) is 5.69 Å². The minimum Gasteiger partial charge on any atom is -0.397 e. The molecule has 2 fully saturated rings. The van der Waals surface area contributed by atoms with Gasteiger partial charge < -0.3 is 15.8 Å². The number of nitrogens with zero attached hydrogens (tertiary/aromatic N) is 4. The number of thioether (sulfide) groups is 1. The number of nitrogens with one attached hydrogen (secondary N) is 1. The Labute approximate surface area is 189 Å². The molecule has 0 aromatic carbocycles. The highest BCUT2D eigenvalue weighted by Crippen LogP contribution is 2.40. The van der Waals surface area contributed by atoms with Crippen molar-refractivity contribution >= 4 is 44.9 Å². The molecule has 5 rings (SSSR count). The quantitative estimate of drug-likeness (QED) is 0.522. The topological polar surface area (TPSA) is 108 Å². The summed E-state index contributed by atoms with van der Waals surface area (Å²) in [5, 5.41) is 13.7. The molecule has 31 heavy (non-hydrogen) atoms. The molecule has 2 aliphatic rings. The molecular weight excluding hydrogens is 432 g/mol. The monoisotopic (exact) mass is 458 g/mol. The van der Waals surface area contributed by atoms with Gasteiger partial charge in [0.2, 0.25) is 5.91 Å². The van der Waals surface area contributed by atoms with Crippen LogP contribution in [0.1, 0.15) is 38.5 Å². The van der Waals surface area contributed by atoms with E-state index in [9.17, 15) is 4.79 Å². The zero-order valence-electron chi connectivity index (χ0n) is 17.2. The number of hydrogen-bond donors (Lipinski definition) is 2. The van der Waals surface area contributed by atoms with Crippen molar-refractivity contribution in [1.29, 1.82) is 0 Å². The van der Waals surface area contributed by atoms with Gasteiger partial charge in [-0.1, -0.05) is 24.6 Å². The van der Waals surface area contributed by atoms with Gasteiger partial charge in [-0.3, -0.25) is 9.36 Å². The average Bonchev–Trinajstić information content (AvgIpc) is 3.56. The number of carbonyl (C=O) groups excluding carboxylic acids is 1. The summed E-state index contributed by atoms with van der Waals surface area (Å²) in [6, 6.07) is 4.18. The average molecular weight is 459 g/mol. The van der Waals surface area contributed by atoms with Crippen LogP contribution in [0.15, 0.2) is 23.5 Å². The Kier molecular flexibility index (Phi) is 6.10. The SMILES string of the molecule is Nc1c(-c2nnc(SCC(=O)NC3CCCC3)n2C[C@@H]2CCCO2)sc2ncccc12. The molecule has 4 heterocycles. The summed E-state index contributed by atoms with van der Waals surface area (Å²) in [4.78, 5) is 18.6. The molecule has 1 saturated carbocycles. The van der Waals surface area contributed by atoms with Crippen LogP contribution in [0.2, 0.25) is 0 Å². The predicted molar refractivity (Wildman–Crippen MR) is 123 cm³/mol. The van der Waals surface area contributed by atoms with Crippen molar-refractivity contribution in [3.63, 3.8) is 0 Å². The Balaban J connectivity index is 1.40. The number of nitrogens with two attached hydrogens (primary N) is 1. The molecule has 1 atom stereocenters. The van der Waals surface area contributed by atoms with Crippen LogP contribution in [0.5, 0.6) is 0 Å². The van der Waals surface area contributed by atoms with E-state index in [-0.39, 0.29) is 12.0 Å². The fourth-order valence-corrected chi connectivity index (χ4v) is 6.12. The summed E-state index contributed by atoms with van der Waals surface area (Å²) in [5.41, 5.74) is 7.13. The maximum Gasteiger partial charge on any atom is 0.230 e. The molecule has 3 N–H and O–H groups in total. The smallest absolute Gasteiger partial charge is 0.230 e. The largest absolute Gasteiger partial charge is 0.397 e. The molecule has 0 bridgehead atoms. The summed E-state index contributed by atoms with van der Waals surface area (Å²) in [6.45, 7) is 1.43. The van der Waals surface area contributed by atoms with Gasteiger partial charge in [-0.05, 0) is 37.8 Å². The van der Waals surface area contributed by atoms with Crippen molar-refractivity contribution in [1.82, 2.24) is 25.1 Å². The number of ether oxygens (including phenoxy) is 1. The van der Waals surface area contributed by atoms with E-state index in [0.29, 0.717) is 24.0 Å². The van der Waals surface area contributed by atoms with E-state index in [1.54, 1.807) is 6.20 Å². The second-order valence-corrected chi connectivity index (χ2v) is 10.0. The second kappa shape index (κ2) is 9.13. The highest BCUT2D eigenvalue weighted by Gasteiger charge is 2.25. The van der Waals surface area contributed by atoms with Crippen LogP contribution in [0.25, 0.3) is 20.9 Å². The zero-order chi connectivity index (χ0) is 21.2. The number of fused-ring (bicyclic) bond motifs is 1. The molecule has 8 nitrogen and oxygen atoms in total. The van der Waals surface area contributed by atoms with Gasteiger partial charge in [-0.25, -0.2) is 4.98 Å². The minimum atomic E-state index is 0.0516. The maximum absolute atomic E-state index is 12.4. The van der Waals surface area contributed by atoms with Crippen LogP contribution in [-0.4, -0.2) is 50.2 Å². The van der Waals surface area contributed by atoms with Crippen molar-refractivity contribution in [3.8, 4) is 10.7 Å². The molecule has 3 aromatic heterocycles. The lowest BCUT2D eigenvalue weighted by Gasteiger charge is -2.15. The van der Waals surface area contributed by atoms with Crippen molar-refractivity contribution in [2.75, 3.05) is 18.1 Å². The third kappa shape index (κ3) is 4.42. The van der Waals surface area contributed by atoms with E-state index < -0.39 is 0 Å². The predicted octanol–water partition coefficient (Wildman–Crippen LogP) is 3.47. The molecule has 1 aliphatic carbocycles. The highest BCUT2D eigenvalue weighted by molar-refractivity contribution is 7.99. The van der Waals surface area contributed by atoms with Crippen molar-refractivity contribution in [3.05, 3.63) is 18.3 Å². The van der Waals surface area contributed by atoms with Crippen LogP contribution in [0.3, 0.4) is 0 Å². The first-order valence-electron chi connectivity index (χ1n) is 10.8. The van der Waals surface area contributed by atoms with E-state index in [1.807, 2.05) is 12.1 Å². The van der Waals surface area contributed by atoms with Crippen molar-refractivity contribution in [2.24, 2.45) is 0 Å². The summed E-state index contributed by atoms with van der Waals surface area (Å²) < 4.78 is 7.93. The summed E-state index contributed by atoms with van der Waals surface area (Å²) >= 11 is 2.94. The molecule has 1 aliphatic heterocycles. The van der Waals surface area contributed by atoms with Crippen molar-refractivity contribution < 1.29 is 9.53 Å². The van der Waals surface area contributed by atoms with E-state index in [1.165, 1.54) is 35.9 Å². The fraction of sp³-hybridized carbons (Fsp3) is 0.524. The third-order valence-electron chi connectivity index (χ3n) is 5.89. The second-order valence-electron chi connectivity index (χ2n) is 8.09. The third-order valence-corrected chi connectivity index (χ3v) is 7.98. The lowest BCUT2D eigenvalue weighted by atomic mass is 10.2. The molecule has 164 valence electrons. The first kappa shape index (κ1) is 20.7. The Bertz CT molecular complexity index is 1070. The van der Waals surface area contributed by atoms with E-state index >= 15 is 0 Å². The number of carbonyl (C=O) groups is 1. The lowest BCUT2D eigenvalue weighted by Crippen LogP contribution is -2.33. The van der Waals surface area contributed by atoms with Gasteiger partial charge >= 0.3 is 0 Å². The van der Waals surface area contributed by atoms with Gasteiger partial charge in [0.05, 0.1) is 29.0 Å². The van der Waals surface area contributed by atoms with Gasteiger partial charge in [-0.2, -0.15) is 0 Å². The number of pyridine rings is 1. The van der Waals surface area contributed by atoms with Crippen molar-refractivity contribution in [2.45, 2.75) is 62.4 Å². The Morgan fingerprint density at radius 3 is 2.94 bits per heavy atom. The molecular formula is C21H26N6O2S2. The lowest BCUT2D eigenvalue weighted by molar-refractivity contribution is -0.119. The Morgan fingerprint density at radius 1 is 1.29 bits per heavy atom. The van der Waals surface area contributed by atoms with Crippen LogP contribution in [-0.2, 0) is 16.1 Å². The maximum atomic E-state index is 12.4. The number of anilines is 1. The highest BCUT2D eigenvalue weighted by atomic mass is 32.2. The number of thiophene rings is 1. The van der Waals surface area contributed by atoms with Gasteiger partial charge in [-0.15, -0.1) is 21.5 Å². The first-order valence-corrected chi connectivity index (χ1v) is 12.6. The number of aromatic nitrogens is 4. The molecule has 1 saturated heterocycles. The minimum absolute atomic E-state index is 0.0516. The van der Waals surface area contributed by atoms with E-state index in [0.717, 1.165) is 58.4 Å². The van der Waals surface area contributed by atoms with Crippen LogP contribution in [0, 0.1) is 0 Å². The number of hydrogen-bond acceptors (Lipinski definition) is 8. The molecule has 0 unspecified atom stereocenters. The van der Waals surface area contributed by atoms with Gasteiger partial charge in [0.15, 0.2) is 11.0 Å². The van der Waals surface area contributed by atoms with E-state index in [4.69, 9.17) is 10.5 Å². The molecule has 0 spiro atoms. The van der Waals surface area contributed by atoms with Crippen LogP contribution >= 0.6 is 23.1 Å². The molecule has 10 heteroatoms. The fourth-order valence-electron chi connectivity index (χ4n) is 4.31. The van der Waals surface area contributed by atoms with Gasteiger partial charge in [0.25, 0.3) is 0 Å². The molecule has 0 radical (unpaired) electrons. The molecule has 3 aromatic rings. The van der Waals surface area contributed by atoms with Gasteiger partial charge in [0, 0.05) is 24.2 Å². The summed E-state index contributed by atoms with van der Waals surface area (Å²) in [6.07, 6.45) is 8.50. The normalized spacial score (nSPS) is 19.4.